The van der Waals surface area contributed by atoms with Crippen LogP contribution in [0.4, 0.5) is 0 Å². The quantitative estimate of drug-likeness (QED) is 0.633. The molecule has 148 valence electrons. The van der Waals surface area contributed by atoms with Crippen LogP contribution in [0.3, 0.4) is 0 Å². The molecule has 0 aromatic rings. The van der Waals surface area contributed by atoms with Gasteiger partial charge >= 0.3 is 11.9 Å². The number of hydrogen-bond donors (Lipinski definition) is 1. The maximum atomic E-state index is 13.3. The predicted molar refractivity (Wildman–Crippen MR) is 89.1 cm³/mol. The molecule has 27 heavy (non-hydrogen) atoms. The van der Waals surface area contributed by atoms with E-state index in [0.29, 0.717) is 19.4 Å². The van der Waals surface area contributed by atoms with Crippen molar-refractivity contribution in [3.05, 3.63) is 0 Å². The third-order valence-electron chi connectivity index (χ3n) is 8.90. The SMILES string of the molecule is C[C@@H]1COC2CC34C5C[C@@H](C(C)(C)C)C36CC(=O)OC6O[C@@]4(C(=O)O5)[C@]21O. The van der Waals surface area contributed by atoms with E-state index in [1.807, 2.05) is 6.92 Å². The summed E-state index contributed by atoms with van der Waals surface area (Å²) in [5.74, 6) is -1.00. The Kier molecular flexibility index (Phi) is 2.61. The van der Waals surface area contributed by atoms with Crippen LogP contribution in [0.25, 0.3) is 0 Å². The molecule has 0 aromatic carbocycles. The third kappa shape index (κ3) is 1.30. The van der Waals surface area contributed by atoms with Gasteiger partial charge < -0.3 is 24.1 Å². The first-order chi connectivity index (χ1) is 12.6. The lowest BCUT2D eigenvalue weighted by atomic mass is 9.52. The first-order valence-electron chi connectivity index (χ1n) is 9.98. The van der Waals surface area contributed by atoms with E-state index in [1.54, 1.807) is 0 Å². The minimum atomic E-state index is -1.52. The van der Waals surface area contributed by atoms with E-state index in [4.69, 9.17) is 18.9 Å². The Morgan fingerprint density at radius 3 is 2.59 bits per heavy atom. The van der Waals surface area contributed by atoms with E-state index in [-0.39, 0.29) is 35.7 Å². The van der Waals surface area contributed by atoms with Gasteiger partial charge in [0, 0.05) is 5.92 Å². The molecule has 6 fully saturated rings. The fourth-order valence-corrected chi connectivity index (χ4v) is 8.14. The summed E-state index contributed by atoms with van der Waals surface area (Å²) >= 11 is 0. The van der Waals surface area contributed by atoms with Crippen LogP contribution in [0.2, 0.25) is 0 Å². The van der Waals surface area contributed by atoms with Gasteiger partial charge in [-0.05, 0) is 24.2 Å². The lowest BCUT2D eigenvalue weighted by Crippen LogP contribution is -2.65. The summed E-state index contributed by atoms with van der Waals surface area (Å²) in [6.45, 7) is 8.71. The minimum Gasteiger partial charge on any atom is -0.459 e. The molecule has 9 atom stereocenters. The number of rotatable bonds is 0. The molecule has 6 rings (SSSR count). The average molecular weight is 378 g/mol. The van der Waals surface area contributed by atoms with Crippen LogP contribution in [0, 0.1) is 28.1 Å². The second-order valence-corrected chi connectivity index (χ2v) is 10.6. The highest BCUT2D eigenvalue weighted by Crippen LogP contribution is 2.84. The highest BCUT2D eigenvalue weighted by molar-refractivity contribution is 5.90. The highest BCUT2D eigenvalue weighted by Gasteiger charge is 2.98. The normalized spacial score (nSPS) is 60.1. The molecule has 0 radical (unpaired) electrons. The Morgan fingerprint density at radius 2 is 1.89 bits per heavy atom. The zero-order valence-electron chi connectivity index (χ0n) is 16.1. The van der Waals surface area contributed by atoms with E-state index >= 15 is 0 Å². The zero-order valence-corrected chi connectivity index (χ0v) is 16.1. The summed E-state index contributed by atoms with van der Waals surface area (Å²) in [4.78, 5) is 25.7. The summed E-state index contributed by atoms with van der Waals surface area (Å²) in [5, 5.41) is 11.9. The fourth-order valence-electron chi connectivity index (χ4n) is 8.14. The number of fused-ring (bicyclic) bond motifs is 1. The molecule has 7 heteroatoms. The van der Waals surface area contributed by atoms with E-state index in [0.717, 1.165) is 0 Å². The van der Waals surface area contributed by atoms with Crippen molar-refractivity contribution in [3.8, 4) is 0 Å². The Bertz CT molecular complexity index is 788. The Labute approximate surface area is 157 Å². The maximum absolute atomic E-state index is 13.3. The summed E-state index contributed by atoms with van der Waals surface area (Å²) in [7, 11) is 0. The summed E-state index contributed by atoms with van der Waals surface area (Å²) < 4.78 is 23.9. The largest absolute Gasteiger partial charge is 0.459 e. The van der Waals surface area contributed by atoms with Gasteiger partial charge in [0.05, 0.1) is 30.0 Å². The molecule has 7 nitrogen and oxygen atoms in total. The van der Waals surface area contributed by atoms with Gasteiger partial charge in [0.1, 0.15) is 11.7 Å². The van der Waals surface area contributed by atoms with Crippen molar-refractivity contribution >= 4 is 11.9 Å². The number of carbonyl (C=O) groups is 2. The average Bonchev–Trinajstić information content (AvgIpc) is 3.27. The third-order valence-corrected chi connectivity index (χ3v) is 8.90. The first-order valence-corrected chi connectivity index (χ1v) is 9.98. The molecule has 4 aliphatic heterocycles. The molecule has 5 unspecified atom stereocenters. The molecule has 2 saturated carbocycles. The molecule has 1 N–H and O–H groups in total. The second-order valence-electron chi connectivity index (χ2n) is 10.6. The van der Waals surface area contributed by atoms with Gasteiger partial charge in [0.25, 0.3) is 0 Å². The highest BCUT2D eigenvalue weighted by atomic mass is 16.7. The van der Waals surface area contributed by atoms with E-state index < -0.39 is 40.4 Å². The van der Waals surface area contributed by atoms with Crippen molar-refractivity contribution in [3.63, 3.8) is 0 Å². The van der Waals surface area contributed by atoms with Crippen LogP contribution in [0.1, 0.15) is 47.0 Å². The van der Waals surface area contributed by atoms with Gasteiger partial charge in [0.15, 0.2) is 0 Å². The second kappa shape index (κ2) is 4.21. The lowest BCUT2D eigenvalue weighted by molar-refractivity contribution is -0.238. The number of hydrogen-bond acceptors (Lipinski definition) is 7. The molecule has 4 saturated heterocycles. The van der Waals surface area contributed by atoms with Crippen LogP contribution in [0.15, 0.2) is 0 Å². The minimum absolute atomic E-state index is 0.0687. The van der Waals surface area contributed by atoms with Gasteiger partial charge in [-0.25, -0.2) is 4.79 Å². The summed E-state index contributed by atoms with van der Waals surface area (Å²) in [6.07, 6.45) is -0.376. The van der Waals surface area contributed by atoms with Crippen molar-refractivity contribution in [2.45, 2.75) is 76.7 Å². The van der Waals surface area contributed by atoms with Crippen molar-refractivity contribution in [1.29, 1.82) is 0 Å². The predicted octanol–water partition coefficient (Wildman–Crippen LogP) is 1.16. The molecule has 6 aliphatic rings. The van der Waals surface area contributed by atoms with Crippen LogP contribution in [0.5, 0.6) is 0 Å². The number of carbonyl (C=O) groups excluding carboxylic acids is 2. The summed E-state index contributed by atoms with van der Waals surface area (Å²) in [5.41, 5.74) is -4.59. The molecule has 4 heterocycles. The van der Waals surface area contributed by atoms with Gasteiger partial charge in [-0.3, -0.25) is 4.79 Å². The Hall–Kier alpha value is -1.18. The number of esters is 2. The topological polar surface area (TPSA) is 91.3 Å². The van der Waals surface area contributed by atoms with Gasteiger partial charge in [0.2, 0.25) is 11.9 Å². The molecule has 0 aromatic heterocycles. The van der Waals surface area contributed by atoms with Crippen LogP contribution < -0.4 is 0 Å². The zero-order chi connectivity index (χ0) is 19.2. The van der Waals surface area contributed by atoms with Crippen molar-refractivity contribution in [1.82, 2.24) is 0 Å². The lowest BCUT2D eigenvalue weighted by Gasteiger charge is -2.45. The number of aliphatic hydroxyl groups is 1. The van der Waals surface area contributed by atoms with Crippen molar-refractivity contribution < 1.29 is 33.6 Å². The monoisotopic (exact) mass is 378 g/mol. The standard InChI is InChI=1S/C20H26O7/c1-9-8-24-12-6-18-11-5-10(16(2,3)4)17(18)7-13(21)26-15(17)27-20(18,14(22)25-11)19(9,12)23/h9-12,15,23H,5-8H2,1-4H3/t9-,10+,11?,12?,15?,17?,18?,19-,20-/m1/s1. The molecule has 0 bridgehead atoms. The molecule has 2 aliphatic carbocycles. The van der Waals surface area contributed by atoms with E-state index in [9.17, 15) is 14.7 Å². The van der Waals surface area contributed by atoms with E-state index in [2.05, 4.69) is 20.8 Å². The first kappa shape index (κ1) is 16.7. The van der Waals surface area contributed by atoms with Crippen LogP contribution >= 0.6 is 0 Å². The smallest absolute Gasteiger partial charge is 0.342 e. The van der Waals surface area contributed by atoms with Crippen LogP contribution in [-0.2, 0) is 28.5 Å². The van der Waals surface area contributed by atoms with Gasteiger partial charge in [-0.2, -0.15) is 0 Å². The fraction of sp³-hybridized carbons (Fsp3) is 0.900. The molecule has 0 amide bonds. The van der Waals surface area contributed by atoms with Gasteiger partial charge in [-0.15, -0.1) is 0 Å². The number of ether oxygens (including phenoxy) is 4. The van der Waals surface area contributed by atoms with Crippen molar-refractivity contribution in [2.75, 3.05) is 6.61 Å². The van der Waals surface area contributed by atoms with Gasteiger partial charge in [-0.1, -0.05) is 27.7 Å². The summed E-state index contributed by atoms with van der Waals surface area (Å²) in [6, 6.07) is 0. The Balaban J connectivity index is 1.66. The van der Waals surface area contributed by atoms with Crippen molar-refractivity contribution in [2.24, 2.45) is 28.1 Å². The van der Waals surface area contributed by atoms with Crippen LogP contribution in [-0.4, -0.2) is 53.4 Å². The maximum Gasteiger partial charge on any atom is 0.342 e. The van der Waals surface area contributed by atoms with E-state index in [1.165, 1.54) is 0 Å². The molecule has 2 spiro atoms. The molecular weight excluding hydrogens is 352 g/mol. The Morgan fingerprint density at radius 1 is 1.15 bits per heavy atom. The molecular formula is C20H26O7.